The molecule has 3 aliphatic rings. The number of carbonyl (C=O) groups excluding carboxylic acids is 1. The Labute approximate surface area is 215 Å². The molecule has 1 N–H and O–H groups in total. The maximum atomic E-state index is 12.8. The molecule has 0 aliphatic carbocycles. The van der Waals surface area contributed by atoms with E-state index in [1.54, 1.807) is 5.51 Å². The molecule has 3 aromatic rings. The van der Waals surface area contributed by atoms with Crippen LogP contribution < -0.4 is 27.0 Å². The Balaban J connectivity index is 0.00000274. The Bertz CT molecular complexity index is 1050. The fourth-order valence-corrected chi connectivity index (χ4v) is 5.83. The summed E-state index contributed by atoms with van der Waals surface area (Å²) in [4.78, 5) is 18.1. The van der Waals surface area contributed by atoms with E-state index in [2.05, 4.69) is 10.3 Å². The zero-order valence-corrected chi connectivity index (χ0v) is 21.5. The molecular weight excluding hydrogens is 514 g/mol. The van der Waals surface area contributed by atoms with Gasteiger partial charge in [0.2, 0.25) is 0 Å². The number of quaternary nitrogens is 1. The third-order valence-corrected chi connectivity index (χ3v) is 7.92. The van der Waals surface area contributed by atoms with Crippen molar-refractivity contribution in [3.05, 3.63) is 66.2 Å². The van der Waals surface area contributed by atoms with Crippen LogP contribution in [0.4, 0.5) is 10.6 Å². The molecule has 180 valence electrons. The van der Waals surface area contributed by atoms with Crippen molar-refractivity contribution < 1.29 is 35.7 Å². The fraction of sp³-hybridized carbons (Fsp3) is 0.385. The van der Waals surface area contributed by atoms with Crippen LogP contribution >= 0.6 is 11.3 Å². The maximum Gasteiger partial charge on any atom is 0.413 e. The van der Waals surface area contributed by atoms with Gasteiger partial charge in [0.1, 0.15) is 11.4 Å². The summed E-state index contributed by atoms with van der Waals surface area (Å²) in [5.74, 6) is 1.51. The second kappa shape index (κ2) is 10.9. The molecule has 34 heavy (non-hydrogen) atoms. The minimum absolute atomic E-state index is 0. The van der Waals surface area contributed by atoms with Crippen LogP contribution in [0.25, 0.3) is 10.4 Å². The first-order valence-electron chi connectivity index (χ1n) is 11.7. The molecule has 2 bridgehead atoms. The lowest BCUT2D eigenvalue weighted by Crippen LogP contribution is -3.00. The SMILES string of the molecule is O=C(Nc1ncsc1-c1ccccc1)OC12CC[N+](CCCOc3ccccc3)(CC1)CC2.[Br-]. The molecule has 0 saturated carbocycles. The number of nitrogens with one attached hydrogen (secondary N) is 1. The molecule has 3 fully saturated rings. The van der Waals surface area contributed by atoms with Crippen molar-refractivity contribution in [2.24, 2.45) is 0 Å². The van der Waals surface area contributed by atoms with Gasteiger partial charge in [-0.15, -0.1) is 11.3 Å². The van der Waals surface area contributed by atoms with E-state index in [1.165, 1.54) is 11.3 Å². The molecule has 3 aliphatic heterocycles. The third-order valence-electron chi connectivity index (χ3n) is 7.05. The van der Waals surface area contributed by atoms with Crippen molar-refractivity contribution >= 4 is 23.2 Å². The number of ether oxygens (including phenoxy) is 2. The molecule has 0 radical (unpaired) electrons. The van der Waals surface area contributed by atoms with Crippen molar-refractivity contribution in [2.45, 2.75) is 31.3 Å². The highest BCUT2D eigenvalue weighted by molar-refractivity contribution is 7.13. The van der Waals surface area contributed by atoms with E-state index in [0.29, 0.717) is 5.82 Å². The Kier molecular flexibility index (Phi) is 7.91. The van der Waals surface area contributed by atoms with E-state index in [1.807, 2.05) is 60.7 Å². The summed E-state index contributed by atoms with van der Waals surface area (Å²) in [5, 5.41) is 2.90. The van der Waals surface area contributed by atoms with Gasteiger partial charge in [-0.2, -0.15) is 0 Å². The van der Waals surface area contributed by atoms with E-state index < -0.39 is 6.09 Å². The highest BCUT2D eigenvalue weighted by Crippen LogP contribution is 2.40. The predicted octanol–water partition coefficient (Wildman–Crippen LogP) is 2.58. The lowest BCUT2D eigenvalue weighted by Gasteiger charge is -2.53. The van der Waals surface area contributed by atoms with Crippen LogP contribution in [0.5, 0.6) is 5.75 Å². The van der Waals surface area contributed by atoms with Crippen LogP contribution in [-0.4, -0.2) is 53.9 Å². The monoisotopic (exact) mass is 543 g/mol. The number of hydrogen-bond donors (Lipinski definition) is 1. The summed E-state index contributed by atoms with van der Waals surface area (Å²) >= 11 is 1.52. The summed E-state index contributed by atoms with van der Waals surface area (Å²) < 4.78 is 13.0. The van der Waals surface area contributed by atoms with Gasteiger partial charge in [-0.3, -0.25) is 5.32 Å². The van der Waals surface area contributed by atoms with Crippen molar-refractivity contribution in [1.29, 1.82) is 0 Å². The number of para-hydroxylation sites is 1. The topological polar surface area (TPSA) is 60.5 Å². The zero-order chi connectivity index (χ0) is 22.6. The molecule has 0 spiro atoms. The van der Waals surface area contributed by atoms with Gasteiger partial charge in [0.05, 0.1) is 43.2 Å². The number of rotatable bonds is 8. The van der Waals surface area contributed by atoms with Crippen LogP contribution in [0.1, 0.15) is 25.7 Å². The van der Waals surface area contributed by atoms with E-state index in [0.717, 1.165) is 79.1 Å². The van der Waals surface area contributed by atoms with E-state index in [9.17, 15) is 4.79 Å². The first-order valence-corrected chi connectivity index (χ1v) is 12.6. The first-order chi connectivity index (χ1) is 16.2. The highest BCUT2D eigenvalue weighted by Gasteiger charge is 2.51. The quantitative estimate of drug-likeness (QED) is 0.350. The number of aromatic nitrogens is 1. The molecule has 0 unspecified atom stereocenters. The van der Waals surface area contributed by atoms with Gasteiger partial charge >= 0.3 is 6.09 Å². The van der Waals surface area contributed by atoms with E-state index >= 15 is 0 Å². The van der Waals surface area contributed by atoms with Gasteiger partial charge in [0.25, 0.3) is 0 Å². The number of halogens is 1. The summed E-state index contributed by atoms with van der Waals surface area (Å²) in [6, 6.07) is 20.0. The van der Waals surface area contributed by atoms with E-state index in [-0.39, 0.29) is 22.6 Å². The lowest BCUT2D eigenvalue weighted by molar-refractivity contribution is -0.944. The minimum Gasteiger partial charge on any atom is -1.00 e. The molecular formula is C26H30BrN3O3S. The van der Waals surface area contributed by atoms with Crippen molar-refractivity contribution in [2.75, 3.05) is 38.1 Å². The summed E-state index contributed by atoms with van der Waals surface area (Å²) in [7, 11) is 0. The molecule has 0 atom stereocenters. The minimum atomic E-state index is -0.392. The number of piperidine rings is 3. The normalized spacial score (nSPS) is 23.1. The number of hydrogen-bond acceptors (Lipinski definition) is 5. The first kappa shape index (κ1) is 24.7. The van der Waals surface area contributed by atoms with Gasteiger partial charge < -0.3 is 30.9 Å². The maximum absolute atomic E-state index is 12.8. The second-order valence-corrected chi connectivity index (χ2v) is 9.95. The molecule has 2 aromatic carbocycles. The average Bonchev–Trinajstić information content (AvgIpc) is 3.32. The fourth-order valence-electron chi connectivity index (χ4n) is 5.08. The Morgan fingerprint density at radius 1 is 1.00 bits per heavy atom. The average molecular weight is 545 g/mol. The Hall–Kier alpha value is -2.42. The van der Waals surface area contributed by atoms with Crippen molar-refractivity contribution in [1.82, 2.24) is 4.98 Å². The van der Waals surface area contributed by atoms with Crippen LogP contribution in [0.2, 0.25) is 0 Å². The van der Waals surface area contributed by atoms with Gasteiger partial charge in [0.15, 0.2) is 5.82 Å². The standard InChI is InChI=1S/C26H29N3O3S.BrH/c30-25(28-24-23(33-20-27-24)21-8-3-1-4-9-21)32-26-12-16-29(17-13-26,18-14-26)15-7-19-31-22-10-5-2-6-11-22;/h1-6,8-11,20H,7,12-19H2;1H. The molecule has 1 amide bonds. The predicted molar refractivity (Wildman–Crippen MR) is 131 cm³/mol. The molecule has 4 heterocycles. The van der Waals surface area contributed by atoms with Crippen molar-refractivity contribution in [3.63, 3.8) is 0 Å². The highest BCUT2D eigenvalue weighted by atomic mass is 79.9. The molecule has 8 heteroatoms. The Morgan fingerprint density at radius 3 is 2.32 bits per heavy atom. The lowest BCUT2D eigenvalue weighted by atomic mass is 9.81. The van der Waals surface area contributed by atoms with Crippen LogP contribution in [0.15, 0.2) is 66.2 Å². The van der Waals surface area contributed by atoms with Crippen molar-refractivity contribution in [3.8, 4) is 16.2 Å². The summed E-state index contributed by atoms with van der Waals surface area (Å²) in [5.41, 5.74) is 2.46. The van der Waals surface area contributed by atoms with Crippen LogP contribution in [-0.2, 0) is 4.74 Å². The Morgan fingerprint density at radius 2 is 1.65 bits per heavy atom. The zero-order valence-electron chi connectivity index (χ0n) is 19.1. The summed E-state index contributed by atoms with van der Waals surface area (Å²) in [6.07, 6.45) is 3.40. The molecule has 6 nitrogen and oxygen atoms in total. The number of amides is 1. The number of anilines is 1. The van der Waals surface area contributed by atoms with Gasteiger partial charge in [-0.25, -0.2) is 9.78 Å². The number of carbonyl (C=O) groups is 1. The number of thiazole rings is 1. The van der Waals surface area contributed by atoms with Crippen LogP contribution in [0.3, 0.4) is 0 Å². The molecule has 3 saturated heterocycles. The summed E-state index contributed by atoms with van der Waals surface area (Å²) in [6.45, 7) is 5.04. The molecule has 1 aromatic heterocycles. The number of nitrogens with zero attached hydrogens (tertiary/aromatic N) is 2. The van der Waals surface area contributed by atoms with Gasteiger partial charge in [-0.05, 0) is 17.7 Å². The number of fused-ring (bicyclic) bond motifs is 3. The third kappa shape index (κ3) is 5.62. The van der Waals surface area contributed by atoms with Crippen LogP contribution in [0, 0.1) is 0 Å². The largest absolute Gasteiger partial charge is 1.00 e. The van der Waals surface area contributed by atoms with E-state index in [4.69, 9.17) is 9.47 Å². The van der Waals surface area contributed by atoms with Gasteiger partial charge in [0, 0.05) is 25.7 Å². The smallest absolute Gasteiger partial charge is 0.413 e. The number of benzene rings is 2. The second-order valence-electron chi connectivity index (χ2n) is 9.09. The van der Waals surface area contributed by atoms with Gasteiger partial charge in [-0.1, -0.05) is 48.5 Å². The molecule has 6 rings (SSSR count).